The second kappa shape index (κ2) is 8.99. The number of rotatable bonds is 5. The summed E-state index contributed by atoms with van der Waals surface area (Å²) in [6.07, 6.45) is 16.6. The molecule has 0 spiro atoms. The second-order valence-corrected chi connectivity index (χ2v) is 14.3. The van der Waals surface area contributed by atoms with Crippen molar-refractivity contribution in [2.24, 2.45) is 46.3 Å². The van der Waals surface area contributed by atoms with Crippen molar-refractivity contribution >= 4 is 16.5 Å². The summed E-state index contributed by atoms with van der Waals surface area (Å²) in [6.45, 7) is 15.1. The van der Waals surface area contributed by atoms with Crippen LogP contribution in [0.2, 0.25) is 0 Å². The number of hydrogen-bond acceptors (Lipinski definition) is 1. The molecule has 36 heavy (non-hydrogen) atoms. The Morgan fingerprint density at radius 2 is 1.78 bits per heavy atom. The van der Waals surface area contributed by atoms with Gasteiger partial charge in [-0.2, -0.15) is 0 Å². The predicted molar refractivity (Wildman–Crippen MR) is 154 cm³/mol. The zero-order valence-corrected chi connectivity index (χ0v) is 23.9. The van der Waals surface area contributed by atoms with Gasteiger partial charge in [0.2, 0.25) is 0 Å². The normalized spacial score (nSPS) is 36.1. The summed E-state index contributed by atoms with van der Waals surface area (Å²) in [5.74, 6) is 5.36. The second-order valence-electron chi connectivity index (χ2n) is 14.3. The van der Waals surface area contributed by atoms with E-state index < -0.39 is 0 Å². The molecule has 7 atom stereocenters. The van der Waals surface area contributed by atoms with Crippen LogP contribution in [-0.4, -0.2) is 4.98 Å². The Hall–Kier alpha value is -1.63. The fourth-order valence-electron chi connectivity index (χ4n) is 10.2. The van der Waals surface area contributed by atoms with Gasteiger partial charge in [0, 0.05) is 16.6 Å². The largest absolute Gasteiger partial charge is 0.252 e. The van der Waals surface area contributed by atoms with E-state index >= 15 is 0 Å². The standard InChI is InChI=1S/C35H49N/c1-22(2)10-9-11-23(3)27-16-17-28-26-14-15-30-33-24(4)25-12-7-8-13-31(25)36-32(33)19-21-35(30,6)29(26)18-20-34(27,28)5/h7-8,12-13,15,22-23,26-29H,9-11,14,16-21H2,1-6H3. The van der Waals surface area contributed by atoms with Crippen LogP contribution in [0.5, 0.6) is 0 Å². The first-order valence-corrected chi connectivity index (χ1v) is 15.3. The number of para-hydroxylation sites is 1. The highest BCUT2D eigenvalue weighted by molar-refractivity contribution is 5.90. The van der Waals surface area contributed by atoms with Gasteiger partial charge in [-0.05, 0) is 115 Å². The van der Waals surface area contributed by atoms with Crippen LogP contribution in [0.1, 0.15) is 109 Å². The van der Waals surface area contributed by atoms with E-state index in [0.29, 0.717) is 10.8 Å². The SMILES string of the molecule is Cc1c2c(nc3ccccc13)CCC1(C)C2=CCC2C1CCC1(C)C(C(C)CCCC(C)C)CCC21. The fourth-order valence-corrected chi connectivity index (χ4v) is 10.2. The summed E-state index contributed by atoms with van der Waals surface area (Å²) >= 11 is 0. The topological polar surface area (TPSA) is 12.9 Å². The van der Waals surface area contributed by atoms with Crippen LogP contribution < -0.4 is 0 Å². The molecule has 0 bridgehead atoms. The molecule has 194 valence electrons. The Balaban J connectivity index is 1.30. The summed E-state index contributed by atoms with van der Waals surface area (Å²) in [4.78, 5) is 5.19. The van der Waals surface area contributed by atoms with Gasteiger partial charge in [0.15, 0.2) is 0 Å². The van der Waals surface area contributed by atoms with Gasteiger partial charge in [-0.3, -0.25) is 4.98 Å². The van der Waals surface area contributed by atoms with Crippen molar-refractivity contribution in [3.05, 3.63) is 47.2 Å². The van der Waals surface area contributed by atoms with Crippen LogP contribution in [0.25, 0.3) is 16.5 Å². The minimum atomic E-state index is 0.326. The van der Waals surface area contributed by atoms with Gasteiger partial charge in [-0.15, -0.1) is 0 Å². The van der Waals surface area contributed by atoms with E-state index in [-0.39, 0.29) is 0 Å². The summed E-state index contributed by atoms with van der Waals surface area (Å²) in [5, 5.41) is 1.35. The third-order valence-electron chi connectivity index (χ3n) is 12.0. The highest BCUT2D eigenvalue weighted by Crippen LogP contribution is 2.68. The number of aromatic nitrogens is 1. The number of pyridine rings is 1. The van der Waals surface area contributed by atoms with Crippen molar-refractivity contribution in [1.29, 1.82) is 0 Å². The number of nitrogens with zero attached hydrogens (tertiary/aromatic N) is 1. The Labute approximate surface area is 220 Å². The monoisotopic (exact) mass is 483 g/mol. The summed E-state index contributed by atoms with van der Waals surface area (Å²) < 4.78 is 0. The Morgan fingerprint density at radius 3 is 2.58 bits per heavy atom. The van der Waals surface area contributed by atoms with Gasteiger partial charge in [0.25, 0.3) is 0 Å². The van der Waals surface area contributed by atoms with Crippen molar-refractivity contribution in [3.63, 3.8) is 0 Å². The van der Waals surface area contributed by atoms with E-state index in [4.69, 9.17) is 4.98 Å². The van der Waals surface area contributed by atoms with Crippen LogP contribution in [-0.2, 0) is 6.42 Å². The van der Waals surface area contributed by atoms with Gasteiger partial charge in [-0.25, -0.2) is 0 Å². The average molecular weight is 484 g/mol. The molecule has 7 unspecified atom stereocenters. The Morgan fingerprint density at radius 1 is 0.972 bits per heavy atom. The molecule has 0 aliphatic heterocycles. The van der Waals surface area contributed by atoms with E-state index in [9.17, 15) is 0 Å². The number of benzene rings is 1. The molecular weight excluding hydrogens is 434 g/mol. The number of aryl methyl sites for hydroxylation is 2. The molecule has 0 radical (unpaired) electrons. The molecule has 0 amide bonds. The number of hydrogen-bond donors (Lipinski definition) is 0. The summed E-state index contributed by atoms with van der Waals surface area (Å²) in [7, 11) is 0. The Bertz CT molecular complexity index is 1170. The summed E-state index contributed by atoms with van der Waals surface area (Å²) in [6, 6.07) is 8.80. The van der Waals surface area contributed by atoms with Gasteiger partial charge in [0.05, 0.1) is 5.52 Å². The lowest BCUT2D eigenvalue weighted by atomic mass is 9.46. The minimum Gasteiger partial charge on any atom is -0.252 e. The number of fused-ring (bicyclic) bond motifs is 8. The molecule has 1 nitrogen and oxygen atoms in total. The molecule has 0 N–H and O–H groups in total. The molecule has 4 aliphatic carbocycles. The van der Waals surface area contributed by atoms with Crippen LogP contribution >= 0.6 is 0 Å². The average Bonchev–Trinajstić information content (AvgIpc) is 3.21. The minimum absolute atomic E-state index is 0.326. The molecule has 1 heterocycles. The van der Waals surface area contributed by atoms with Crippen molar-refractivity contribution in [2.45, 2.75) is 106 Å². The first-order chi connectivity index (χ1) is 17.2. The van der Waals surface area contributed by atoms with E-state index in [1.54, 1.807) is 5.57 Å². The first-order valence-electron chi connectivity index (χ1n) is 15.3. The highest BCUT2D eigenvalue weighted by Gasteiger charge is 2.59. The molecule has 1 aromatic heterocycles. The van der Waals surface area contributed by atoms with Crippen molar-refractivity contribution in [2.75, 3.05) is 0 Å². The van der Waals surface area contributed by atoms with Crippen molar-refractivity contribution < 1.29 is 0 Å². The fraction of sp³-hybridized carbons (Fsp3) is 0.686. The maximum Gasteiger partial charge on any atom is 0.0708 e. The molecule has 4 aliphatic rings. The van der Waals surface area contributed by atoms with Gasteiger partial charge >= 0.3 is 0 Å². The zero-order chi connectivity index (χ0) is 25.2. The van der Waals surface area contributed by atoms with Gasteiger partial charge in [0.1, 0.15) is 0 Å². The van der Waals surface area contributed by atoms with Crippen LogP contribution in [0.3, 0.4) is 0 Å². The predicted octanol–water partition coefficient (Wildman–Crippen LogP) is 9.80. The lowest BCUT2D eigenvalue weighted by Crippen LogP contribution is -2.50. The molecular formula is C35H49N. The lowest BCUT2D eigenvalue weighted by molar-refractivity contribution is -0.0393. The molecule has 2 saturated carbocycles. The third kappa shape index (κ3) is 3.65. The molecule has 6 rings (SSSR count). The van der Waals surface area contributed by atoms with Gasteiger partial charge < -0.3 is 0 Å². The van der Waals surface area contributed by atoms with Crippen molar-refractivity contribution in [3.8, 4) is 0 Å². The Kier molecular flexibility index (Phi) is 6.17. The molecule has 1 aromatic carbocycles. The van der Waals surface area contributed by atoms with E-state index in [0.717, 1.165) is 41.9 Å². The summed E-state index contributed by atoms with van der Waals surface area (Å²) in [5.41, 5.74) is 8.11. The maximum atomic E-state index is 5.19. The van der Waals surface area contributed by atoms with Gasteiger partial charge in [-0.1, -0.05) is 78.2 Å². The smallest absolute Gasteiger partial charge is 0.0708 e. The first kappa shape index (κ1) is 24.7. The quantitative estimate of drug-likeness (QED) is 0.412. The third-order valence-corrected chi connectivity index (χ3v) is 12.0. The molecule has 0 saturated heterocycles. The van der Waals surface area contributed by atoms with E-state index in [1.807, 2.05) is 0 Å². The van der Waals surface area contributed by atoms with E-state index in [1.165, 1.54) is 85.5 Å². The molecule has 2 fully saturated rings. The van der Waals surface area contributed by atoms with Crippen LogP contribution in [0, 0.1) is 53.3 Å². The molecule has 2 aromatic rings. The van der Waals surface area contributed by atoms with Crippen LogP contribution in [0.15, 0.2) is 30.3 Å². The number of allylic oxidation sites excluding steroid dienone is 2. The molecule has 1 heteroatoms. The highest BCUT2D eigenvalue weighted by atomic mass is 14.7. The van der Waals surface area contributed by atoms with Crippen molar-refractivity contribution in [1.82, 2.24) is 4.98 Å². The van der Waals surface area contributed by atoms with E-state index in [2.05, 4.69) is 71.9 Å². The zero-order valence-electron chi connectivity index (χ0n) is 23.9. The maximum absolute atomic E-state index is 5.19. The van der Waals surface area contributed by atoms with Crippen LogP contribution in [0.4, 0.5) is 0 Å². The lowest BCUT2D eigenvalue weighted by Gasteiger charge is -2.58.